The molecule has 0 unspecified atom stereocenters. The Morgan fingerprint density at radius 3 is 1.88 bits per heavy atom. The number of carbonyl (C=O) groups excluding carboxylic acids is 1. The van der Waals surface area contributed by atoms with E-state index in [2.05, 4.69) is 15.4 Å². The molecule has 25 heavy (non-hydrogen) atoms. The van der Waals surface area contributed by atoms with E-state index in [1.54, 1.807) is 24.3 Å². The van der Waals surface area contributed by atoms with Crippen molar-refractivity contribution < 1.29 is 13.2 Å². The van der Waals surface area contributed by atoms with E-state index in [1.807, 2.05) is 32.0 Å². The Kier molecular flexibility index (Phi) is 6.03. The van der Waals surface area contributed by atoms with Crippen LogP contribution in [0.3, 0.4) is 0 Å². The van der Waals surface area contributed by atoms with Crippen molar-refractivity contribution in [2.24, 2.45) is 0 Å². The quantitative estimate of drug-likeness (QED) is 0.731. The van der Waals surface area contributed by atoms with Crippen LogP contribution in [-0.2, 0) is 22.9 Å². The summed E-state index contributed by atoms with van der Waals surface area (Å²) in [5, 5.41) is 5.68. The number of benzene rings is 2. The first kappa shape index (κ1) is 18.8. The highest BCUT2D eigenvalue weighted by molar-refractivity contribution is 7.92. The number of hydrogen-bond donors (Lipinski definition) is 3. The van der Waals surface area contributed by atoms with Crippen molar-refractivity contribution in [1.82, 2.24) is 0 Å². The van der Waals surface area contributed by atoms with Crippen LogP contribution in [0.15, 0.2) is 42.5 Å². The van der Waals surface area contributed by atoms with E-state index in [9.17, 15) is 13.2 Å². The Labute approximate surface area is 148 Å². The summed E-state index contributed by atoms with van der Waals surface area (Å²) >= 11 is 0. The van der Waals surface area contributed by atoms with Crippen LogP contribution in [-0.4, -0.2) is 20.7 Å². The smallest absolute Gasteiger partial charge is 0.308 e. The minimum atomic E-state index is -3.32. The lowest BCUT2D eigenvalue weighted by atomic mass is 10.0. The van der Waals surface area contributed by atoms with Gasteiger partial charge in [0.25, 0.3) is 0 Å². The minimum absolute atomic E-state index is 0.334. The van der Waals surface area contributed by atoms with Crippen molar-refractivity contribution in [3.05, 3.63) is 53.6 Å². The fourth-order valence-corrected chi connectivity index (χ4v) is 3.08. The first-order valence-corrected chi connectivity index (χ1v) is 9.98. The number of hydrogen-bond acceptors (Lipinski definition) is 3. The van der Waals surface area contributed by atoms with E-state index < -0.39 is 10.0 Å². The Morgan fingerprint density at radius 2 is 1.40 bits per heavy atom. The largest absolute Gasteiger partial charge is 0.323 e. The molecule has 0 aromatic heterocycles. The van der Waals surface area contributed by atoms with Gasteiger partial charge in [0, 0.05) is 17.1 Å². The zero-order chi connectivity index (χ0) is 18.4. The molecule has 6 nitrogen and oxygen atoms in total. The third-order valence-electron chi connectivity index (χ3n) is 3.68. The third-order valence-corrected chi connectivity index (χ3v) is 4.29. The minimum Gasteiger partial charge on any atom is -0.308 e. The third kappa shape index (κ3) is 5.49. The molecule has 0 aliphatic rings. The van der Waals surface area contributed by atoms with Gasteiger partial charge in [-0.25, -0.2) is 13.2 Å². The van der Waals surface area contributed by atoms with Crippen molar-refractivity contribution in [1.29, 1.82) is 0 Å². The van der Waals surface area contributed by atoms with Gasteiger partial charge in [-0.1, -0.05) is 32.0 Å². The SMILES string of the molecule is CCc1cccc(CC)c1NC(=O)Nc1ccc(NS(C)(=O)=O)cc1. The second-order valence-corrected chi connectivity index (χ2v) is 7.44. The molecule has 0 aliphatic heterocycles. The Balaban J connectivity index is 2.08. The summed E-state index contributed by atoms with van der Waals surface area (Å²) in [6.45, 7) is 4.09. The van der Waals surface area contributed by atoms with Gasteiger partial charge in [0.2, 0.25) is 10.0 Å². The fourth-order valence-electron chi connectivity index (χ4n) is 2.51. The molecule has 134 valence electrons. The average molecular weight is 361 g/mol. The first-order chi connectivity index (χ1) is 11.8. The molecule has 7 heteroatoms. The normalized spacial score (nSPS) is 11.0. The number of sulfonamides is 1. The van der Waals surface area contributed by atoms with Gasteiger partial charge in [-0.2, -0.15) is 0 Å². The van der Waals surface area contributed by atoms with E-state index in [-0.39, 0.29) is 6.03 Å². The number of carbonyl (C=O) groups is 1. The van der Waals surface area contributed by atoms with E-state index in [1.165, 1.54) is 0 Å². The van der Waals surface area contributed by atoms with Gasteiger partial charge < -0.3 is 10.6 Å². The molecule has 0 saturated carbocycles. The van der Waals surface area contributed by atoms with Crippen LogP contribution in [0.1, 0.15) is 25.0 Å². The molecule has 2 aromatic carbocycles. The van der Waals surface area contributed by atoms with E-state index in [0.717, 1.165) is 35.9 Å². The predicted octanol–water partition coefficient (Wildman–Crippen LogP) is 3.83. The lowest BCUT2D eigenvalue weighted by Gasteiger charge is -2.15. The topological polar surface area (TPSA) is 87.3 Å². The molecule has 0 fully saturated rings. The van der Waals surface area contributed by atoms with Crippen LogP contribution in [0.2, 0.25) is 0 Å². The van der Waals surface area contributed by atoms with Crippen molar-refractivity contribution in [3.63, 3.8) is 0 Å². The highest BCUT2D eigenvalue weighted by atomic mass is 32.2. The van der Waals surface area contributed by atoms with Crippen molar-refractivity contribution >= 4 is 33.1 Å². The van der Waals surface area contributed by atoms with Crippen molar-refractivity contribution in [3.8, 4) is 0 Å². The summed E-state index contributed by atoms with van der Waals surface area (Å²) in [5.41, 5.74) is 4.03. The summed E-state index contributed by atoms with van der Waals surface area (Å²) in [6, 6.07) is 12.1. The van der Waals surface area contributed by atoms with Crippen LogP contribution in [0, 0.1) is 0 Å². The molecule has 2 amide bonds. The van der Waals surface area contributed by atoms with Gasteiger partial charge in [-0.3, -0.25) is 4.72 Å². The van der Waals surface area contributed by atoms with Gasteiger partial charge in [-0.05, 0) is 48.2 Å². The lowest BCUT2D eigenvalue weighted by Crippen LogP contribution is -2.21. The van der Waals surface area contributed by atoms with Crippen LogP contribution >= 0.6 is 0 Å². The van der Waals surface area contributed by atoms with E-state index >= 15 is 0 Å². The van der Waals surface area contributed by atoms with Gasteiger partial charge in [0.1, 0.15) is 0 Å². The van der Waals surface area contributed by atoms with Gasteiger partial charge >= 0.3 is 6.03 Å². The predicted molar refractivity (Wildman–Crippen MR) is 103 cm³/mol. The summed E-state index contributed by atoms with van der Waals surface area (Å²) < 4.78 is 24.8. The summed E-state index contributed by atoms with van der Waals surface area (Å²) in [6.07, 6.45) is 2.74. The Bertz CT molecular complexity index is 824. The maximum Gasteiger partial charge on any atom is 0.323 e. The van der Waals surface area contributed by atoms with Crippen LogP contribution in [0.4, 0.5) is 21.9 Å². The van der Waals surface area contributed by atoms with E-state index in [0.29, 0.717) is 11.4 Å². The molecule has 0 saturated heterocycles. The summed E-state index contributed by atoms with van der Waals surface area (Å²) in [4.78, 5) is 12.3. The van der Waals surface area contributed by atoms with Crippen LogP contribution < -0.4 is 15.4 Å². The van der Waals surface area contributed by atoms with Gasteiger partial charge in [-0.15, -0.1) is 0 Å². The molecule has 2 aromatic rings. The summed E-state index contributed by atoms with van der Waals surface area (Å²) in [5.74, 6) is 0. The molecular weight excluding hydrogens is 338 g/mol. The number of nitrogens with one attached hydrogen (secondary N) is 3. The molecule has 0 bridgehead atoms. The number of anilines is 3. The van der Waals surface area contributed by atoms with E-state index in [4.69, 9.17) is 0 Å². The molecule has 0 aliphatic carbocycles. The monoisotopic (exact) mass is 361 g/mol. The zero-order valence-electron chi connectivity index (χ0n) is 14.6. The first-order valence-electron chi connectivity index (χ1n) is 8.09. The zero-order valence-corrected chi connectivity index (χ0v) is 15.4. The number of urea groups is 1. The second kappa shape index (κ2) is 8.02. The van der Waals surface area contributed by atoms with Crippen molar-refractivity contribution in [2.45, 2.75) is 26.7 Å². The number of amides is 2. The molecule has 0 heterocycles. The number of rotatable bonds is 6. The highest BCUT2D eigenvalue weighted by Crippen LogP contribution is 2.23. The second-order valence-electron chi connectivity index (χ2n) is 5.69. The molecule has 0 atom stereocenters. The maximum atomic E-state index is 12.3. The molecule has 2 rings (SSSR count). The average Bonchev–Trinajstić information content (AvgIpc) is 2.55. The highest BCUT2D eigenvalue weighted by Gasteiger charge is 2.10. The lowest BCUT2D eigenvalue weighted by molar-refractivity contribution is 0.262. The Morgan fingerprint density at radius 1 is 0.880 bits per heavy atom. The molecular formula is C18H23N3O3S. The fraction of sp³-hybridized carbons (Fsp3) is 0.278. The van der Waals surface area contributed by atoms with Crippen LogP contribution in [0.5, 0.6) is 0 Å². The van der Waals surface area contributed by atoms with Gasteiger partial charge in [0.05, 0.1) is 6.26 Å². The number of aryl methyl sites for hydroxylation is 2. The summed E-state index contributed by atoms with van der Waals surface area (Å²) in [7, 11) is -3.32. The molecule has 0 radical (unpaired) electrons. The van der Waals surface area contributed by atoms with Crippen LogP contribution in [0.25, 0.3) is 0 Å². The Hall–Kier alpha value is -2.54. The molecule has 3 N–H and O–H groups in total. The standard InChI is InChI=1S/C18H23N3O3S/c1-4-13-7-6-8-14(5-2)17(13)20-18(22)19-15-9-11-16(12-10-15)21-25(3,23)24/h6-12,21H,4-5H2,1-3H3,(H2,19,20,22). The maximum absolute atomic E-state index is 12.3. The number of para-hydroxylation sites is 1. The molecule has 0 spiro atoms. The van der Waals surface area contributed by atoms with Gasteiger partial charge in [0.15, 0.2) is 0 Å². The van der Waals surface area contributed by atoms with Crippen molar-refractivity contribution in [2.75, 3.05) is 21.6 Å².